The highest BCUT2D eigenvalue weighted by Gasteiger charge is 2.12. The van der Waals surface area contributed by atoms with Crippen LogP contribution in [0.25, 0.3) is 16.7 Å². The highest BCUT2D eigenvalue weighted by Crippen LogP contribution is 2.21. The topological polar surface area (TPSA) is 53.0 Å². The molecule has 5 heteroatoms. The zero-order valence-corrected chi connectivity index (χ0v) is 11.1. The van der Waals surface area contributed by atoms with Gasteiger partial charge < -0.3 is 5.73 Å². The van der Waals surface area contributed by atoms with Gasteiger partial charge in [0.15, 0.2) is 0 Å². The SMILES string of the molecule is Cn1c(=O)n(-c2ccc(N)cc2)c2cc(Cl)ccc21. The van der Waals surface area contributed by atoms with E-state index in [1.165, 1.54) is 0 Å². The molecule has 0 unspecified atom stereocenters. The quantitative estimate of drug-likeness (QED) is 0.693. The molecule has 0 amide bonds. The Balaban J connectivity index is 2.40. The molecule has 19 heavy (non-hydrogen) atoms. The molecule has 0 aliphatic rings. The summed E-state index contributed by atoms with van der Waals surface area (Å²) in [6, 6.07) is 12.6. The summed E-state index contributed by atoms with van der Waals surface area (Å²) >= 11 is 6.02. The number of nitrogens with two attached hydrogens (primary N) is 1. The van der Waals surface area contributed by atoms with Crippen molar-refractivity contribution in [3.8, 4) is 5.69 Å². The van der Waals surface area contributed by atoms with E-state index < -0.39 is 0 Å². The highest BCUT2D eigenvalue weighted by molar-refractivity contribution is 6.31. The van der Waals surface area contributed by atoms with Gasteiger partial charge in [-0.25, -0.2) is 4.79 Å². The summed E-state index contributed by atoms with van der Waals surface area (Å²) < 4.78 is 3.22. The first-order valence-electron chi connectivity index (χ1n) is 5.81. The van der Waals surface area contributed by atoms with Crippen molar-refractivity contribution in [2.75, 3.05) is 5.73 Å². The molecule has 0 aliphatic heterocycles. The Morgan fingerprint density at radius 3 is 2.42 bits per heavy atom. The van der Waals surface area contributed by atoms with E-state index in [0.717, 1.165) is 16.7 Å². The molecule has 0 radical (unpaired) electrons. The summed E-state index contributed by atoms with van der Waals surface area (Å²) in [4.78, 5) is 12.3. The van der Waals surface area contributed by atoms with Gasteiger partial charge in [0, 0.05) is 17.8 Å². The number of hydrogen-bond donors (Lipinski definition) is 1. The third kappa shape index (κ3) is 1.81. The van der Waals surface area contributed by atoms with Crippen LogP contribution >= 0.6 is 11.6 Å². The normalized spacial score (nSPS) is 11.1. The first kappa shape index (κ1) is 11.9. The molecular weight excluding hydrogens is 262 g/mol. The minimum absolute atomic E-state index is 0.109. The van der Waals surface area contributed by atoms with Crippen molar-refractivity contribution in [1.82, 2.24) is 9.13 Å². The molecule has 96 valence electrons. The van der Waals surface area contributed by atoms with Crippen LogP contribution in [-0.2, 0) is 7.05 Å². The van der Waals surface area contributed by atoms with Gasteiger partial charge in [-0.1, -0.05) is 11.6 Å². The molecule has 0 atom stereocenters. The molecule has 2 aromatic carbocycles. The number of nitrogen functional groups attached to an aromatic ring is 1. The van der Waals surface area contributed by atoms with Gasteiger partial charge >= 0.3 is 5.69 Å². The lowest BCUT2D eigenvalue weighted by Crippen LogP contribution is -2.20. The van der Waals surface area contributed by atoms with Gasteiger partial charge in [0.2, 0.25) is 0 Å². The summed E-state index contributed by atoms with van der Waals surface area (Å²) in [6.07, 6.45) is 0. The summed E-state index contributed by atoms with van der Waals surface area (Å²) in [7, 11) is 1.74. The Kier molecular flexibility index (Phi) is 2.61. The number of aromatic nitrogens is 2. The highest BCUT2D eigenvalue weighted by atomic mass is 35.5. The predicted octanol–water partition coefficient (Wildman–Crippen LogP) is 2.56. The second-order valence-corrected chi connectivity index (χ2v) is 4.84. The van der Waals surface area contributed by atoms with Gasteiger partial charge in [0.05, 0.1) is 16.7 Å². The maximum absolute atomic E-state index is 12.3. The second kappa shape index (κ2) is 4.17. The van der Waals surface area contributed by atoms with Crippen LogP contribution in [0.5, 0.6) is 0 Å². The molecule has 2 N–H and O–H groups in total. The second-order valence-electron chi connectivity index (χ2n) is 4.40. The van der Waals surface area contributed by atoms with Crippen LogP contribution in [0.4, 0.5) is 5.69 Å². The van der Waals surface area contributed by atoms with Gasteiger partial charge in [-0.2, -0.15) is 0 Å². The Labute approximate surface area is 114 Å². The number of halogens is 1. The smallest absolute Gasteiger partial charge is 0.333 e. The largest absolute Gasteiger partial charge is 0.399 e. The Bertz CT molecular complexity index is 815. The number of aryl methyl sites for hydroxylation is 1. The number of anilines is 1. The molecule has 0 saturated heterocycles. The fraction of sp³-hybridized carbons (Fsp3) is 0.0714. The lowest BCUT2D eigenvalue weighted by molar-refractivity contribution is 0.846. The van der Waals surface area contributed by atoms with E-state index in [0.29, 0.717) is 10.7 Å². The molecule has 4 nitrogen and oxygen atoms in total. The predicted molar refractivity (Wildman–Crippen MR) is 77.9 cm³/mol. The average Bonchev–Trinajstić information content (AvgIpc) is 2.63. The molecule has 0 fully saturated rings. The Morgan fingerprint density at radius 1 is 1.05 bits per heavy atom. The van der Waals surface area contributed by atoms with E-state index in [9.17, 15) is 4.79 Å². The summed E-state index contributed by atoms with van der Waals surface area (Å²) in [5, 5.41) is 0.599. The van der Waals surface area contributed by atoms with Gasteiger partial charge in [0.25, 0.3) is 0 Å². The summed E-state index contributed by atoms with van der Waals surface area (Å²) in [5.74, 6) is 0. The summed E-state index contributed by atoms with van der Waals surface area (Å²) in [6.45, 7) is 0. The van der Waals surface area contributed by atoms with Crippen LogP contribution in [0.15, 0.2) is 47.3 Å². The van der Waals surface area contributed by atoms with E-state index >= 15 is 0 Å². The summed E-state index contributed by atoms with van der Waals surface area (Å²) in [5.41, 5.74) is 8.62. The van der Waals surface area contributed by atoms with E-state index in [1.54, 1.807) is 40.4 Å². The monoisotopic (exact) mass is 273 g/mol. The fourth-order valence-electron chi connectivity index (χ4n) is 2.19. The molecule has 0 spiro atoms. The maximum Gasteiger partial charge on any atom is 0.333 e. The number of rotatable bonds is 1. The average molecular weight is 274 g/mol. The maximum atomic E-state index is 12.3. The molecule has 3 rings (SSSR count). The Morgan fingerprint density at radius 2 is 1.74 bits per heavy atom. The van der Waals surface area contributed by atoms with Crippen molar-refractivity contribution in [2.45, 2.75) is 0 Å². The molecule has 1 aromatic heterocycles. The van der Waals surface area contributed by atoms with Crippen molar-refractivity contribution < 1.29 is 0 Å². The van der Waals surface area contributed by atoms with E-state index in [4.69, 9.17) is 17.3 Å². The number of benzene rings is 2. The van der Waals surface area contributed by atoms with Crippen LogP contribution in [0.1, 0.15) is 0 Å². The number of nitrogens with zero attached hydrogens (tertiary/aromatic N) is 2. The number of imidazole rings is 1. The Hall–Kier alpha value is -2.20. The van der Waals surface area contributed by atoms with Crippen molar-refractivity contribution in [3.63, 3.8) is 0 Å². The fourth-order valence-corrected chi connectivity index (χ4v) is 2.35. The minimum Gasteiger partial charge on any atom is -0.399 e. The third-order valence-corrected chi connectivity index (χ3v) is 3.40. The molecule has 0 aliphatic carbocycles. The van der Waals surface area contributed by atoms with Crippen molar-refractivity contribution in [1.29, 1.82) is 0 Å². The van der Waals surface area contributed by atoms with Crippen LogP contribution in [0, 0.1) is 0 Å². The van der Waals surface area contributed by atoms with Crippen LogP contribution in [0.3, 0.4) is 0 Å². The minimum atomic E-state index is -0.109. The lowest BCUT2D eigenvalue weighted by atomic mass is 10.2. The standard InChI is InChI=1S/C14H12ClN3O/c1-17-12-7-2-9(15)8-13(12)18(14(17)19)11-5-3-10(16)4-6-11/h2-8H,16H2,1H3. The zero-order chi connectivity index (χ0) is 13.6. The van der Waals surface area contributed by atoms with Gasteiger partial charge in [0.1, 0.15) is 0 Å². The molecule has 1 heterocycles. The van der Waals surface area contributed by atoms with Crippen LogP contribution in [-0.4, -0.2) is 9.13 Å². The van der Waals surface area contributed by atoms with E-state index in [2.05, 4.69) is 0 Å². The van der Waals surface area contributed by atoms with E-state index in [-0.39, 0.29) is 5.69 Å². The van der Waals surface area contributed by atoms with Gasteiger partial charge in [-0.3, -0.25) is 9.13 Å². The number of hydrogen-bond acceptors (Lipinski definition) is 2. The molecule has 0 bridgehead atoms. The van der Waals surface area contributed by atoms with Crippen LogP contribution < -0.4 is 11.4 Å². The molecule has 3 aromatic rings. The van der Waals surface area contributed by atoms with Crippen molar-refractivity contribution in [3.05, 3.63) is 58.0 Å². The van der Waals surface area contributed by atoms with Crippen molar-refractivity contribution >= 4 is 28.3 Å². The number of fused-ring (bicyclic) bond motifs is 1. The third-order valence-electron chi connectivity index (χ3n) is 3.17. The first-order chi connectivity index (χ1) is 9.08. The zero-order valence-electron chi connectivity index (χ0n) is 10.3. The first-order valence-corrected chi connectivity index (χ1v) is 6.18. The molecule has 0 saturated carbocycles. The van der Waals surface area contributed by atoms with Gasteiger partial charge in [-0.15, -0.1) is 0 Å². The van der Waals surface area contributed by atoms with Gasteiger partial charge in [-0.05, 0) is 42.5 Å². The molecular formula is C14H12ClN3O. The van der Waals surface area contributed by atoms with Crippen molar-refractivity contribution in [2.24, 2.45) is 7.05 Å². The lowest BCUT2D eigenvalue weighted by Gasteiger charge is -2.03. The van der Waals surface area contributed by atoms with Crippen LogP contribution in [0.2, 0.25) is 5.02 Å². The van der Waals surface area contributed by atoms with E-state index in [1.807, 2.05) is 18.2 Å².